The number of hydrogen-bond donors (Lipinski definition) is 2. The molecule has 1 aliphatic rings. The molecule has 3 rings (SSSR count). The van der Waals surface area contributed by atoms with Crippen LogP contribution in [0, 0.1) is 0 Å². The molecule has 5 nitrogen and oxygen atoms in total. The lowest BCUT2D eigenvalue weighted by Crippen LogP contribution is -2.37. The van der Waals surface area contributed by atoms with Crippen molar-refractivity contribution in [3.63, 3.8) is 0 Å². The van der Waals surface area contributed by atoms with E-state index in [1.54, 1.807) is 0 Å². The number of nitrogens with zero attached hydrogens (tertiary/aromatic N) is 3. The van der Waals surface area contributed by atoms with Gasteiger partial charge < -0.3 is 11.1 Å². The monoisotopic (exact) mass is 333 g/mol. The van der Waals surface area contributed by atoms with Crippen molar-refractivity contribution in [1.82, 2.24) is 15.0 Å². The van der Waals surface area contributed by atoms with Gasteiger partial charge in [0, 0.05) is 11.4 Å². The van der Waals surface area contributed by atoms with Crippen molar-refractivity contribution in [2.24, 2.45) is 5.73 Å². The van der Waals surface area contributed by atoms with Gasteiger partial charge in [0.05, 0.1) is 5.54 Å². The average Bonchev–Trinajstić information content (AvgIpc) is 2.50. The number of nitrogens with one attached hydrogen (secondary N) is 1. The van der Waals surface area contributed by atoms with Gasteiger partial charge in [-0.2, -0.15) is 4.98 Å². The van der Waals surface area contributed by atoms with E-state index in [0.717, 1.165) is 11.4 Å². The second-order valence-electron chi connectivity index (χ2n) is 4.93. The van der Waals surface area contributed by atoms with Crippen molar-refractivity contribution < 1.29 is 0 Å². The Morgan fingerprint density at radius 1 is 1.05 bits per heavy atom. The summed E-state index contributed by atoms with van der Waals surface area (Å²) < 4.78 is 0. The number of allylic oxidation sites excluding steroid dienone is 1. The van der Waals surface area contributed by atoms with Gasteiger partial charge in [0.25, 0.3) is 0 Å². The van der Waals surface area contributed by atoms with E-state index in [2.05, 4.69) is 20.3 Å². The molecule has 1 aromatic carbocycles. The van der Waals surface area contributed by atoms with E-state index in [9.17, 15) is 0 Å². The third kappa shape index (κ3) is 3.27. The van der Waals surface area contributed by atoms with Crippen LogP contribution in [0.15, 0.2) is 54.3 Å². The van der Waals surface area contributed by atoms with Crippen molar-refractivity contribution in [3.8, 4) is 0 Å². The predicted octanol–water partition coefficient (Wildman–Crippen LogP) is 3.29. The van der Waals surface area contributed by atoms with E-state index < -0.39 is 5.54 Å². The molecular weight excluding hydrogens is 321 g/mol. The topological polar surface area (TPSA) is 76.7 Å². The van der Waals surface area contributed by atoms with Crippen molar-refractivity contribution >= 4 is 28.9 Å². The van der Waals surface area contributed by atoms with Gasteiger partial charge in [-0.05, 0) is 47.8 Å². The lowest BCUT2D eigenvalue weighted by Gasteiger charge is -2.26. The fourth-order valence-corrected chi connectivity index (χ4v) is 2.50. The molecule has 22 heavy (non-hydrogen) atoms. The summed E-state index contributed by atoms with van der Waals surface area (Å²) in [6.45, 7) is 0. The molecule has 0 spiro atoms. The fraction of sp³-hybridized carbons (Fsp3) is 0.133. The minimum Gasteiger partial charge on any atom is -0.356 e. The average molecular weight is 334 g/mol. The maximum atomic E-state index is 6.34. The fourth-order valence-electron chi connectivity index (χ4n) is 2.13. The van der Waals surface area contributed by atoms with E-state index in [1.807, 2.05) is 48.6 Å². The van der Waals surface area contributed by atoms with Crippen molar-refractivity contribution in [2.45, 2.75) is 12.0 Å². The first kappa shape index (κ1) is 15.0. The maximum Gasteiger partial charge on any atom is 0.226 e. The first-order valence-electron chi connectivity index (χ1n) is 6.63. The summed E-state index contributed by atoms with van der Waals surface area (Å²) >= 11 is 11.6. The Bertz CT molecular complexity index is 725. The Balaban J connectivity index is 1.79. The zero-order valence-electron chi connectivity index (χ0n) is 11.5. The summed E-state index contributed by atoms with van der Waals surface area (Å²) in [6.07, 6.45) is 6.23. The molecule has 2 aromatic rings. The van der Waals surface area contributed by atoms with E-state index in [0.29, 0.717) is 12.2 Å². The van der Waals surface area contributed by atoms with Crippen LogP contribution in [-0.2, 0) is 5.54 Å². The van der Waals surface area contributed by atoms with Crippen LogP contribution in [0.1, 0.15) is 12.2 Å². The zero-order chi connectivity index (χ0) is 15.6. The third-order valence-corrected chi connectivity index (χ3v) is 3.62. The largest absolute Gasteiger partial charge is 0.356 e. The number of rotatable bonds is 3. The van der Waals surface area contributed by atoms with Crippen molar-refractivity contribution in [2.75, 3.05) is 5.32 Å². The van der Waals surface area contributed by atoms with Gasteiger partial charge in [0.1, 0.15) is 0 Å². The number of aromatic nitrogens is 3. The van der Waals surface area contributed by atoms with Crippen molar-refractivity contribution in [1.29, 1.82) is 0 Å². The van der Waals surface area contributed by atoms with Crippen LogP contribution in [0.2, 0.25) is 10.6 Å². The molecule has 1 heterocycles. The number of nitrogens with two attached hydrogens (primary N) is 1. The third-order valence-electron chi connectivity index (χ3n) is 3.28. The highest BCUT2D eigenvalue weighted by atomic mass is 35.5. The first-order chi connectivity index (χ1) is 10.5. The summed E-state index contributed by atoms with van der Waals surface area (Å²) in [7, 11) is 0. The summed E-state index contributed by atoms with van der Waals surface area (Å²) in [6, 6.07) is 9.89. The highest BCUT2D eigenvalue weighted by Gasteiger charge is 2.30. The highest BCUT2D eigenvalue weighted by molar-refractivity contribution is 6.31. The lowest BCUT2D eigenvalue weighted by molar-refractivity contribution is 0.520. The molecule has 0 amide bonds. The van der Waals surface area contributed by atoms with Gasteiger partial charge in [-0.1, -0.05) is 30.4 Å². The smallest absolute Gasteiger partial charge is 0.226 e. The standard InChI is InChI=1S/C15H13Cl2N5/c16-13-20-12(21-14(17)22-13)15(18)8-6-11(7-9-15)19-10-4-2-1-3-5-10/h1-8,19H,9,18H2. The Hall–Kier alpha value is -1.95. The SMILES string of the molecule is NC1(c2nc(Cl)nc(Cl)n2)C=CC(Nc2ccccc2)=CC1. The zero-order valence-corrected chi connectivity index (χ0v) is 13.0. The molecule has 0 saturated carbocycles. The quantitative estimate of drug-likeness (QED) is 0.901. The molecule has 1 aliphatic carbocycles. The Morgan fingerprint density at radius 2 is 1.73 bits per heavy atom. The summed E-state index contributed by atoms with van der Waals surface area (Å²) in [5.41, 5.74) is 7.46. The second-order valence-corrected chi connectivity index (χ2v) is 5.60. The van der Waals surface area contributed by atoms with Gasteiger partial charge in [-0.25, -0.2) is 9.97 Å². The van der Waals surface area contributed by atoms with E-state index >= 15 is 0 Å². The van der Waals surface area contributed by atoms with Crippen LogP contribution in [0.25, 0.3) is 0 Å². The normalized spacial score (nSPS) is 20.6. The molecule has 3 N–H and O–H groups in total. The Labute approximate surface area is 137 Å². The minimum absolute atomic E-state index is 0.0328. The minimum atomic E-state index is -0.849. The Kier molecular flexibility index (Phi) is 4.11. The van der Waals surface area contributed by atoms with E-state index in [-0.39, 0.29) is 10.6 Å². The summed E-state index contributed by atoms with van der Waals surface area (Å²) in [5, 5.41) is 3.37. The van der Waals surface area contributed by atoms with Crippen LogP contribution in [0.3, 0.4) is 0 Å². The summed E-state index contributed by atoms with van der Waals surface area (Å²) in [5.74, 6) is 0.351. The second kappa shape index (κ2) is 6.04. The highest BCUT2D eigenvalue weighted by Crippen LogP contribution is 2.28. The molecule has 1 aromatic heterocycles. The van der Waals surface area contributed by atoms with Crippen LogP contribution in [0.4, 0.5) is 5.69 Å². The van der Waals surface area contributed by atoms with Crippen molar-refractivity contribution in [3.05, 3.63) is 70.6 Å². The first-order valence-corrected chi connectivity index (χ1v) is 7.39. The molecule has 0 radical (unpaired) electrons. The van der Waals surface area contributed by atoms with Crippen LogP contribution < -0.4 is 11.1 Å². The van der Waals surface area contributed by atoms with Crippen LogP contribution in [0.5, 0.6) is 0 Å². The molecule has 1 unspecified atom stereocenters. The van der Waals surface area contributed by atoms with Crippen LogP contribution >= 0.6 is 23.2 Å². The maximum absolute atomic E-state index is 6.34. The lowest BCUT2D eigenvalue weighted by atomic mass is 9.90. The number of benzene rings is 1. The van der Waals surface area contributed by atoms with Crippen LogP contribution in [-0.4, -0.2) is 15.0 Å². The van der Waals surface area contributed by atoms with Gasteiger partial charge in [0.15, 0.2) is 5.82 Å². The summed E-state index contributed by atoms with van der Waals surface area (Å²) in [4.78, 5) is 11.9. The number of halogens is 2. The van der Waals surface area contributed by atoms with Gasteiger partial charge in [-0.3, -0.25) is 0 Å². The predicted molar refractivity (Wildman–Crippen MR) is 87.6 cm³/mol. The molecule has 7 heteroatoms. The number of anilines is 1. The van der Waals surface area contributed by atoms with E-state index in [1.165, 1.54) is 0 Å². The van der Waals surface area contributed by atoms with Gasteiger partial charge in [0.2, 0.25) is 10.6 Å². The molecule has 0 bridgehead atoms. The molecule has 0 fully saturated rings. The number of hydrogen-bond acceptors (Lipinski definition) is 5. The van der Waals surface area contributed by atoms with Gasteiger partial charge in [-0.15, -0.1) is 0 Å². The number of para-hydroxylation sites is 1. The molecule has 0 aliphatic heterocycles. The van der Waals surface area contributed by atoms with E-state index in [4.69, 9.17) is 28.9 Å². The van der Waals surface area contributed by atoms with Gasteiger partial charge >= 0.3 is 0 Å². The molecule has 112 valence electrons. The Morgan fingerprint density at radius 3 is 2.32 bits per heavy atom. The molecule has 1 atom stereocenters. The molecular formula is C15H13Cl2N5. The molecule has 0 saturated heterocycles.